The van der Waals surface area contributed by atoms with Crippen LogP contribution in [0.2, 0.25) is 0 Å². The van der Waals surface area contributed by atoms with Gasteiger partial charge < -0.3 is 20.8 Å². The number of benzene rings is 1. The lowest BCUT2D eigenvalue weighted by Gasteiger charge is -2.25. The summed E-state index contributed by atoms with van der Waals surface area (Å²) in [6.07, 6.45) is 0. The molecule has 1 heterocycles. The number of aromatic nitrogens is 1. The summed E-state index contributed by atoms with van der Waals surface area (Å²) in [7, 11) is 0. The van der Waals surface area contributed by atoms with Crippen molar-refractivity contribution in [2.24, 2.45) is 17.6 Å². The smallest absolute Gasteiger partial charge is 0.307 e. The fourth-order valence-corrected chi connectivity index (χ4v) is 2.28. The van der Waals surface area contributed by atoms with E-state index in [9.17, 15) is 9.59 Å². The number of hydrogen-bond donors (Lipinski definition) is 3. The third-order valence-corrected chi connectivity index (χ3v) is 4.12. The van der Waals surface area contributed by atoms with Crippen LogP contribution in [0.5, 0.6) is 0 Å². The van der Waals surface area contributed by atoms with E-state index in [-0.39, 0.29) is 36.2 Å². The van der Waals surface area contributed by atoms with Crippen LogP contribution in [-0.2, 0) is 4.79 Å². The Hall–Kier alpha value is -2.41. The normalized spacial score (nSPS) is 13.9. The summed E-state index contributed by atoms with van der Waals surface area (Å²) in [5, 5.41) is 5.67. The highest BCUT2D eigenvalue weighted by Crippen LogP contribution is 2.14. The number of rotatable bonds is 7. The lowest BCUT2D eigenvalue weighted by Crippen LogP contribution is -2.52. The molecule has 136 valence electrons. The van der Waals surface area contributed by atoms with Crippen molar-refractivity contribution in [1.29, 1.82) is 0 Å². The highest BCUT2D eigenvalue weighted by molar-refractivity contribution is 5.92. The molecular weight excluding hydrogens is 320 g/mol. The molecule has 4 N–H and O–H groups in total. The van der Waals surface area contributed by atoms with Gasteiger partial charge in [-0.3, -0.25) is 9.59 Å². The quantitative estimate of drug-likeness (QED) is 0.706. The Labute approximate surface area is 147 Å². The molecule has 0 aliphatic heterocycles. The molecule has 2 aromatic rings. The molecule has 1 aromatic carbocycles. The molecule has 0 spiro atoms. The van der Waals surface area contributed by atoms with Crippen LogP contribution in [0.15, 0.2) is 28.7 Å². The van der Waals surface area contributed by atoms with Crippen molar-refractivity contribution in [2.45, 2.75) is 39.8 Å². The van der Waals surface area contributed by atoms with Gasteiger partial charge in [-0.25, -0.2) is 4.98 Å². The second-order valence-electron chi connectivity index (χ2n) is 6.83. The van der Waals surface area contributed by atoms with Gasteiger partial charge in [0.1, 0.15) is 5.52 Å². The summed E-state index contributed by atoms with van der Waals surface area (Å²) in [4.78, 5) is 28.6. The number of amides is 2. The molecule has 0 saturated carbocycles. The van der Waals surface area contributed by atoms with Crippen molar-refractivity contribution >= 4 is 22.9 Å². The highest BCUT2D eigenvalue weighted by atomic mass is 16.4. The Morgan fingerprint density at radius 3 is 2.44 bits per heavy atom. The van der Waals surface area contributed by atoms with E-state index in [1.807, 2.05) is 39.8 Å². The first-order valence-electron chi connectivity index (χ1n) is 8.49. The lowest BCUT2D eigenvalue weighted by atomic mass is 10.0. The van der Waals surface area contributed by atoms with Gasteiger partial charge in [-0.05, 0) is 24.0 Å². The molecule has 7 heteroatoms. The molecule has 2 atom stereocenters. The number of para-hydroxylation sites is 2. The fourth-order valence-electron chi connectivity index (χ4n) is 2.28. The van der Waals surface area contributed by atoms with Crippen LogP contribution in [0.3, 0.4) is 0 Å². The zero-order chi connectivity index (χ0) is 18.6. The van der Waals surface area contributed by atoms with Crippen molar-refractivity contribution in [1.82, 2.24) is 15.6 Å². The SMILES string of the molecule is CC(C)C(N)C(=O)N[C@H](CNC(=O)c1nc2ccccc2o1)C(C)C. The van der Waals surface area contributed by atoms with Crippen LogP contribution in [0, 0.1) is 11.8 Å². The predicted octanol–water partition coefficient (Wildman–Crippen LogP) is 1.68. The van der Waals surface area contributed by atoms with Crippen LogP contribution in [0.4, 0.5) is 0 Å². The molecule has 0 saturated heterocycles. The van der Waals surface area contributed by atoms with Crippen LogP contribution in [-0.4, -0.2) is 35.4 Å². The zero-order valence-corrected chi connectivity index (χ0v) is 15.1. The van der Waals surface area contributed by atoms with E-state index in [1.54, 1.807) is 12.1 Å². The molecule has 0 radical (unpaired) electrons. The number of nitrogens with zero attached hydrogens (tertiary/aromatic N) is 1. The maximum Gasteiger partial charge on any atom is 0.307 e. The molecule has 7 nitrogen and oxygen atoms in total. The first-order chi connectivity index (χ1) is 11.8. The van der Waals surface area contributed by atoms with Crippen LogP contribution >= 0.6 is 0 Å². The van der Waals surface area contributed by atoms with Gasteiger partial charge in [0.15, 0.2) is 5.58 Å². The molecular formula is C18H26N4O3. The van der Waals surface area contributed by atoms with Gasteiger partial charge in [-0.2, -0.15) is 0 Å². The zero-order valence-electron chi connectivity index (χ0n) is 15.1. The van der Waals surface area contributed by atoms with Gasteiger partial charge in [-0.15, -0.1) is 0 Å². The first-order valence-corrected chi connectivity index (χ1v) is 8.49. The first kappa shape index (κ1) is 18.9. The second kappa shape index (κ2) is 8.11. The standard InChI is InChI=1S/C18H26N4O3/c1-10(2)13(21-16(23)15(19)11(3)4)9-20-17(24)18-22-12-7-5-6-8-14(12)25-18/h5-8,10-11,13,15H,9,19H2,1-4H3,(H,20,24)(H,21,23)/t13-,15?/m1/s1. The lowest BCUT2D eigenvalue weighted by molar-refractivity contribution is -0.124. The highest BCUT2D eigenvalue weighted by Gasteiger charge is 2.23. The molecule has 0 aliphatic rings. The number of nitrogens with two attached hydrogens (primary N) is 1. The van der Waals surface area contributed by atoms with Gasteiger partial charge in [0.05, 0.1) is 6.04 Å². The number of carbonyl (C=O) groups is 2. The van der Waals surface area contributed by atoms with E-state index in [0.29, 0.717) is 11.1 Å². The molecule has 2 amide bonds. The number of fused-ring (bicyclic) bond motifs is 1. The van der Waals surface area contributed by atoms with E-state index < -0.39 is 11.9 Å². The molecule has 1 unspecified atom stereocenters. The van der Waals surface area contributed by atoms with Gasteiger partial charge in [-0.1, -0.05) is 39.8 Å². The van der Waals surface area contributed by atoms with Crippen molar-refractivity contribution in [3.63, 3.8) is 0 Å². The second-order valence-corrected chi connectivity index (χ2v) is 6.83. The molecule has 0 aliphatic carbocycles. The maximum atomic E-state index is 12.3. The molecule has 2 rings (SSSR count). The Morgan fingerprint density at radius 2 is 1.84 bits per heavy atom. The Morgan fingerprint density at radius 1 is 1.16 bits per heavy atom. The minimum absolute atomic E-state index is 0.00825. The van der Waals surface area contributed by atoms with Crippen molar-refractivity contribution in [2.75, 3.05) is 6.54 Å². The Balaban J connectivity index is 1.98. The van der Waals surface area contributed by atoms with E-state index in [2.05, 4.69) is 15.6 Å². The molecule has 25 heavy (non-hydrogen) atoms. The third-order valence-electron chi connectivity index (χ3n) is 4.12. The largest absolute Gasteiger partial charge is 0.432 e. The summed E-state index contributed by atoms with van der Waals surface area (Å²) < 4.78 is 5.44. The third kappa shape index (κ3) is 4.79. The van der Waals surface area contributed by atoms with Crippen LogP contribution in [0.25, 0.3) is 11.1 Å². The van der Waals surface area contributed by atoms with Crippen molar-refractivity contribution in [3.05, 3.63) is 30.2 Å². The number of hydrogen-bond acceptors (Lipinski definition) is 5. The van der Waals surface area contributed by atoms with Gasteiger partial charge in [0, 0.05) is 12.6 Å². The minimum Gasteiger partial charge on any atom is -0.432 e. The predicted molar refractivity (Wildman–Crippen MR) is 95.9 cm³/mol. The summed E-state index contributed by atoms with van der Waals surface area (Å²) >= 11 is 0. The number of carbonyl (C=O) groups excluding carboxylic acids is 2. The molecule has 0 bridgehead atoms. The van der Waals surface area contributed by atoms with Crippen molar-refractivity contribution < 1.29 is 14.0 Å². The average molecular weight is 346 g/mol. The topological polar surface area (TPSA) is 110 Å². The van der Waals surface area contributed by atoms with E-state index in [1.165, 1.54) is 0 Å². The van der Waals surface area contributed by atoms with Crippen LogP contribution in [0.1, 0.15) is 38.4 Å². The Bertz CT molecular complexity index is 706. The number of oxazole rings is 1. The van der Waals surface area contributed by atoms with E-state index in [0.717, 1.165) is 0 Å². The van der Waals surface area contributed by atoms with Crippen molar-refractivity contribution in [3.8, 4) is 0 Å². The summed E-state index contributed by atoms with van der Waals surface area (Å²) in [6.45, 7) is 7.99. The monoisotopic (exact) mass is 346 g/mol. The average Bonchev–Trinajstić information content (AvgIpc) is 3.01. The van der Waals surface area contributed by atoms with E-state index in [4.69, 9.17) is 10.2 Å². The van der Waals surface area contributed by atoms with Gasteiger partial charge in [0.25, 0.3) is 5.89 Å². The maximum absolute atomic E-state index is 12.3. The summed E-state index contributed by atoms with van der Waals surface area (Å²) in [6, 6.07) is 6.37. The van der Waals surface area contributed by atoms with E-state index >= 15 is 0 Å². The summed E-state index contributed by atoms with van der Waals surface area (Å²) in [5.74, 6) is -0.447. The summed E-state index contributed by atoms with van der Waals surface area (Å²) in [5.41, 5.74) is 7.06. The van der Waals surface area contributed by atoms with Gasteiger partial charge in [0.2, 0.25) is 5.91 Å². The molecule has 1 aromatic heterocycles. The minimum atomic E-state index is -0.575. The van der Waals surface area contributed by atoms with Gasteiger partial charge >= 0.3 is 5.91 Å². The fraction of sp³-hybridized carbons (Fsp3) is 0.500. The number of nitrogens with one attached hydrogen (secondary N) is 2. The Kier molecular flexibility index (Phi) is 6.14. The molecule has 0 fully saturated rings. The van der Waals surface area contributed by atoms with Crippen LogP contribution < -0.4 is 16.4 Å².